The molecule has 1 aromatic heterocycles. The lowest BCUT2D eigenvalue weighted by Crippen LogP contribution is -2.36. The van der Waals surface area contributed by atoms with Crippen molar-refractivity contribution >= 4 is 21.6 Å². The summed E-state index contributed by atoms with van der Waals surface area (Å²) in [6, 6.07) is 11.9. The SMILES string of the molecule is COc1ccc(NC(=O)c2ccc(F)c(S(=O)(=O)N3CCCCC3)c2)cc1OCc1cccnc1. The van der Waals surface area contributed by atoms with E-state index >= 15 is 0 Å². The lowest BCUT2D eigenvalue weighted by atomic mass is 10.2. The predicted octanol–water partition coefficient (Wildman–Crippen LogP) is 4.24. The minimum Gasteiger partial charge on any atom is -0.493 e. The van der Waals surface area contributed by atoms with Crippen LogP contribution in [-0.2, 0) is 16.6 Å². The molecule has 3 aromatic rings. The number of carbonyl (C=O) groups is 1. The maximum atomic E-state index is 14.5. The molecule has 4 rings (SSSR count). The third-order valence-electron chi connectivity index (χ3n) is 5.66. The van der Waals surface area contributed by atoms with Crippen molar-refractivity contribution in [3.05, 3.63) is 77.9 Å². The van der Waals surface area contributed by atoms with Gasteiger partial charge < -0.3 is 14.8 Å². The van der Waals surface area contributed by atoms with Crippen LogP contribution in [0.3, 0.4) is 0 Å². The molecule has 1 N–H and O–H groups in total. The second-order valence-electron chi connectivity index (χ2n) is 8.08. The number of carbonyl (C=O) groups excluding carboxylic acids is 1. The van der Waals surface area contributed by atoms with E-state index in [1.807, 2.05) is 6.07 Å². The van der Waals surface area contributed by atoms with Gasteiger partial charge in [-0.25, -0.2) is 12.8 Å². The fourth-order valence-corrected chi connectivity index (χ4v) is 5.41. The fraction of sp³-hybridized carbons (Fsp3) is 0.280. The van der Waals surface area contributed by atoms with Gasteiger partial charge in [-0.1, -0.05) is 12.5 Å². The smallest absolute Gasteiger partial charge is 0.255 e. The van der Waals surface area contributed by atoms with Gasteiger partial charge in [0.05, 0.1) is 7.11 Å². The molecule has 0 aliphatic carbocycles. The van der Waals surface area contributed by atoms with Gasteiger partial charge in [-0.15, -0.1) is 0 Å². The monoisotopic (exact) mass is 499 g/mol. The van der Waals surface area contributed by atoms with Crippen LogP contribution >= 0.6 is 0 Å². The summed E-state index contributed by atoms with van der Waals surface area (Å²) in [5.74, 6) is -0.587. The number of piperidine rings is 1. The summed E-state index contributed by atoms with van der Waals surface area (Å²) in [6.07, 6.45) is 5.74. The van der Waals surface area contributed by atoms with Gasteiger partial charge >= 0.3 is 0 Å². The molecule has 184 valence electrons. The van der Waals surface area contributed by atoms with Crippen LogP contribution in [0.4, 0.5) is 10.1 Å². The molecule has 10 heteroatoms. The number of halogens is 1. The summed E-state index contributed by atoms with van der Waals surface area (Å²) in [6.45, 7) is 0.926. The summed E-state index contributed by atoms with van der Waals surface area (Å²) in [7, 11) is -2.53. The third kappa shape index (κ3) is 5.77. The Hall–Kier alpha value is -3.50. The second kappa shape index (κ2) is 10.8. The van der Waals surface area contributed by atoms with Crippen LogP contribution in [0.1, 0.15) is 35.2 Å². The molecular formula is C25H26FN3O5S. The van der Waals surface area contributed by atoms with Crippen molar-refractivity contribution in [2.45, 2.75) is 30.8 Å². The van der Waals surface area contributed by atoms with Gasteiger partial charge in [0.2, 0.25) is 10.0 Å². The van der Waals surface area contributed by atoms with Crippen molar-refractivity contribution in [1.82, 2.24) is 9.29 Å². The molecule has 1 aliphatic rings. The number of nitrogens with one attached hydrogen (secondary N) is 1. The Kier molecular flexibility index (Phi) is 7.62. The number of pyridine rings is 1. The molecule has 2 aromatic carbocycles. The van der Waals surface area contributed by atoms with Crippen molar-refractivity contribution < 1.29 is 27.1 Å². The molecule has 0 saturated carbocycles. The molecule has 1 amide bonds. The second-order valence-corrected chi connectivity index (χ2v) is 9.99. The Morgan fingerprint density at radius 2 is 1.89 bits per heavy atom. The van der Waals surface area contributed by atoms with Crippen LogP contribution in [0.2, 0.25) is 0 Å². The van der Waals surface area contributed by atoms with Gasteiger partial charge in [0.1, 0.15) is 17.3 Å². The van der Waals surface area contributed by atoms with Crippen LogP contribution in [0.5, 0.6) is 11.5 Å². The van der Waals surface area contributed by atoms with E-state index in [4.69, 9.17) is 9.47 Å². The van der Waals surface area contributed by atoms with Crippen LogP contribution in [0.15, 0.2) is 65.8 Å². The van der Waals surface area contributed by atoms with E-state index in [2.05, 4.69) is 10.3 Å². The molecule has 35 heavy (non-hydrogen) atoms. The zero-order chi connectivity index (χ0) is 24.8. The number of sulfonamides is 1. The molecule has 8 nitrogen and oxygen atoms in total. The molecule has 0 atom stereocenters. The van der Waals surface area contributed by atoms with E-state index < -0.39 is 26.6 Å². The zero-order valence-electron chi connectivity index (χ0n) is 19.2. The molecule has 0 bridgehead atoms. The Balaban J connectivity index is 1.53. The molecular weight excluding hydrogens is 473 g/mol. The normalized spacial score (nSPS) is 14.3. The third-order valence-corrected chi connectivity index (χ3v) is 7.58. The first kappa shape index (κ1) is 24.6. The Labute approximate surface area is 203 Å². The molecule has 2 heterocycles. The average Bonchev–Trinajstić information content (AvgIpc) is 2.88. The number of ether oxygens (including phenoxy) is 2. The number of amides is 1. The van der Waals surface area contributed by atoms with Crippen LogP contribution < -0.4 is 14.8 Å². The van der Waals surface area contributed by atoms with Gasteiger partial charge in [0.15, 0.2) is 11.5 Å². The number of hydrogen-bond donors (Lipinski definition) is 1. The van der Waals surface area contributed by atoms with E-state index in [0.717, 1.165) is 37.0 Å². The van der Waals surface area contributed by atoms with E-state index in [-0.39, 0.29) is 12.2 Å². The number of anilines is 1. The first-order chi connectivity index (χ1) is 16.9. The summed E-state index contributed by atoms with van der Waals surface area (Å²) in [5, 5.41) is 2.71. The van der Waals surface area contributed by atoms with E-state index in [1.54, 1.807) is 36.7 Å². The number of rotatable bonds is 8. The topological polar surface area (TPSA) is 97.8 Å². The molecule has 1 saturated heterocycles. The maximum absolute atomic E-state index is 14.5. The van der Waals surface area contributed by atoms with E-state index in [9.17, 15) is 17.6 Å². The highest BCUT2D eigenvalue weighted by atomic mass is 32.2. The average molecular weight is 500 g/mol. The van der Waals surface area contributed by atoms with Gasteiger partial charge in [-0.2, -0.15) is 4.31 Å². The standard InChI is InChI=1S/C25H26FN3O5S/c1-33-22-10-8-20(15-23(22)34-17-18-6-5-11-27-16-18)28-25(30)19-7-9-21(26)24(14-19)35(31,32)29-12-3-2-4-13-29/h5-11,14-16H,2-4,12-13,17H2,1H3,(H,28,30). The minimum absolute atomic E-state index is 0.0237. The van der Waals surface area contributed by atoms with E-state index in [0.29, 0.717) is 30.3 Å². The summed E-state index contributed by atoms with van der Waals surface area (Å²) < 4.78 is 52.9. The molecule has 0 unspecified atom stereocenters. The first-order valence-electron chi connectivity index (χ1n) is 11.2. The van der Waals surface area contributed by atoms with Gasteiger partial charge in [0.25, 0.3) is 5.91 Å². The minimum atomic E-state index is -4.03. The summed E-state index contributed by atoms with van der Waals surface area (Å²) >= 11 is 0. The molecule has 1 aliphatic heterocycles. The number of aromatic nitrogens is 1. The van der Waals surface area contributed by atoms with Crippen molar-refractivity contribution in [2.75, 3.05) is 25.5 Å². The number of methoxy groups -OCH3 is 1. The number of hydrogen-bond acceptors (Lipinski definition) is 6. The number of nitrogens with zero attached hydrogens (tertiary/aromatic N) is 2. The van der Waals surface area contributed by atoms with Crippen LogP contribution in [0, 0.1) is 5.82 Å². The fourth-order valence-electron chi connectivity index (χ4n) is 3.80. The predicted molar refractivity (Wildman–Crippen MR) is 129 cm³/mol. The van der Waals surface area contributed by atoms with Gasteiger partial charge in [-0.05, 0) is 49.2 Å². The quantitative estimate of drug-likeness (QED) is 0.498. The lowest BCUT2D eigenvalue weighted by molar-refractivity contribution is 0.102. The summed E-state index contributed by atoms with van der Waals surface area (Å²) in [4.78, 5) is 16.5. The molecule has 0 radical (unpaired) electrons. The van der Waals surface area contributed by atoms with E-state index in [1.165, 1.54) is 17.5 Å². The Bertz CT molecular complexity index is 1300. The van der Waals surface area contributed by atoms with Crippen molar-refractivity contribution in [2.24, 2.45) is 0 Å². The largest absolute Gasteiger partial charge is 0.493 e. The van der Waals surface area contributed by atoms with Crippen LogP contribution in [0.25, 0.3) is 0 Å². The maximum Gasteiger partial charge on any atom is 0.255 e. The number of benzene rings is 2. The van der Waals surface area contributed by atoms with Crippen molar-refractivity contribution in [3.63, 3.8) is 0 Å². The highest BCUT2D eigenvalue weighted by molar-refractivity contribution is 7.89. The lowest BCUT2D eigenvalue weighted by Gasteiger charge is -2.26. The highest BCUT2D eigenvalue weighted by Crippen LogP contribution is 2.31. The van der Waals surface area contributed by atoms with Crippen molar-refractivity contribution in [3.8, 4) is 11.5 Å². The highest BCUT2D eigenvalue weighted by Gasteiger charge is 2.29. The Morgan fingerprint density at radius 3 is 2.60 bits per heavy atom. The molecule has 0 spiro atoms. The van der Waals surface area contributed by atoms with Gasteiger partial charge in [0, 0.05) is 48.4 Å². The zero-order valence-corrected chi connectivity index (χ0v) is 20.1. The van der Waals surface area contributed by atoms with Gasteiger partial charge in [-0.3, -0.25) is 9.78 Å². The van der Waals surface area contributed by atoms with Crippen molar-refractivity contribution in [1.29, 1.82) is 0 Å². The van der Waals surface area contributed by atoms with Crippen LogP contribution in [-0.4, -0.2) is 43.8 Å². The molecule has 1 fully saturated rings. The Morgan fingerprint density at radius 1 is 1.09 bits per heavy atom. The summed E-state index contributed by atoms with van der Waals surface area (Å²) in [5.41, 5.74) is 1.29. The first-order valence-corrected chi connectivity index (χ1v) is 12.6.